The van der Waals surface area contributed by atoms with E-state index in [-0.39, 0.29) is 16.0 Å². The van der Waals surface area contributed by atoms with Crippen LogP contribution in [0.4, 0.5) is 11.4 Å². The summed E-state index contributed by atoms with van der Waals surface area (Å²) in [5.74, 6) is 0. The van der Waals surface area contributed by atoms with Gasteiger partial charge in [-0.15, -0.1) is 0 Å². The molecule has 0 N–H and O–H groups in total. The van der Waals surface area contributed by atoms with E-state index in [0.717, 1.165) is 13.0 Å². The van der Waals surface area contributed by atoms with Crippen LogP contribution in [0.5, 0.6) is 0 Å². The first-order chi connectivity index (χ1) is 10.9. The summed E-state index contributed by atoms with van der Waals surface area (Å²) in [6, 6.07) is 8.35. The second-order valence-electron chi connectivity index (χ2n) is 7.03. The molecule has 1 aliphatic heterocycles. The first-order valence-electron chi connectivity index (χ1n) is 7.82. The van der Waals surface area contributed by atoms with Gasteiger partial charge in [0.1, 0.15) is 11.9 Å². The van der Waals surface area contributed by atoms with E-state index in [1.54, 1.807) is 12.3 Å². The Morgan fingerprint density at radius 1 is 1.22 bits per heavy atom. The van der Waals surface area contributed by atoms with Crippen molar-refractivity contribution in [3.63, 3.8) is 0 Å². The number of fused-ring (bicyclic) bond motifs is 1. The molecule has 120 valence electrons. The molecule has 2 heterocycles. The smallest absolute Gasteiger partial charge is 0.310 e. The van der Waals surface area contributed by atoms with Crippen molar-refractivity contribution >= 4 is 11.4 Å². The summed E-state index contributed by atoms with van der Waals surface area (Å²) in [5, 5.41) is 11.2. The number of nitro groups is 1. The van der Waals surface area contributed by atoms with Crippen molar-refractivity contribution in [3.05, 3.63) is 63.5 Å². The molecule has 1 aliphatic rings. The molecule has 5 heteroatoms. The topological polar surface area (TPSA) is 59.3 Å². The Hall–Kier alpha value is -2.43. The number of aromatic nitrogens is 1. The van der Waals surface area contributed by atoms with Crippen LogP contribution in [0.3, 0.4) is 0 Å². The third kappa shape index (κ3) is 3.04. The monoisotopic (exact) mass is 311 g/mol. The highest BCUT2D eigenvalue weighted by atomic mass is 16.6. The summed E-state index contributed by atoms with van der Waals surface area (Å²) >= 11 is 0. The number of benzene rings is 1. The van der Waals surface area contributed by atoms with E-state index in [0.29, 0.717) is 12.2 Å². The summed E-state index contributed by atoms with van der Waals surface area (Å²) in [6.45, 7) is 8.12. The van der Waals surface area contributed by atoms with Crippen molar-refractivity contribution in [1.29, 1.82) is 0 Å². The van der Waals surface area contributed by atoms with Gasteiger partial charge in [-0.1, -0.05) is 39.0 Å². The Kier molecular flexibility index (Phi) is 3.80. The second-order valence-corrected chi connectivity index (χ2v) is 7.03. The maximum absolute atomic E-state index is 11.2. The maximum Gasteiger partial charge on any atom is 0.310 e. The maximum atomic E-state index is 11.2. The van der Waals surface area contributed by atoms with Crippen LogP contribution in [0.25, 0.3) is 0 Å². The third-order valence-electron chi connectivity index (χ3n) is 4.40. The highest BCUT2D eigenvalue weighted by Gasteiger charge is 2.24. The van der Waals surface area contributed by atoms with Crippen LogP contribution in [0.1, 0.15) is 37.5 Å². The molecular weight excluding hydrogens is 290 g/mol. The lowest BCUT2D eigenvalue weighted by atomic mass is 9.84. The largest absolute Gasteiger partial charge is 0.361 e. The lowest BCUT2D eigenvalue weighted by Gasteiger charge is -2.31. The van der Waals surface area contributed by atoms with E-state index >= 15 is 0 Å². The molecule has 0 aliphatic carbocycles. The van der Waals surface area contributed by atoms with Crippen LogP contribution in [0.15, 0.2) is 36.7 Å². The lowest BCUT2D eigenvalue weighted by molar-refractivity contribution is -0.384. The second kappa shape index (κ2) is 5.65. The molecule has 0 saturated heterocycles. The number of nitrogens with zero attached hydrogens (tertiary/aromatic N) is 3. The van der Waals surface area contributed by atoms with Gasteiger partial charge >= 0.3 is 5.69 Å². The molecule has 1 aromatic carbocycles. The van der Waals surface area contributed by atoms with E-state index in [1.165, 1.54) is 22.9 Å². The first kappa shape index (κ1) is 15.5. The van der Waals surface area contributed by atoms with Gasteiger partial charge in [-0.3, -0.25) is 15.1 Å². The standard InChI is InChI=1S/C18H21N3O2/c1-18(2,3)15-5-4-14-12-20(9-7-13(14)10-15)16-6-8-19-11-17(16)21(22)23/h4-6,8,10-11H,7,9,12H2,1-3H3. The molecule has 3 rings (SSSR count). The molecule has 0 radical (unpaired) electrons. The van der Waals surface area contributed by atoms with Crippen molar-refractivity contribution in [2.75, 3.05) is 11.4 Å². The quantitative estimate of drug-likeness (QED) is 0.624. The van der Waals surface area contributed by atoms with Crippen LogP contribution in [-0.2, 0) is 18.4 Å². The Morgan fingerprint density at radius 3 is 2.70 bits per heavy atom. The molecule has 0 spiro atoms. The molecular formula is C18H21N3O2. The van der Waals surface area contributed by atoms with Gasteiger partial charge in [0.2, 0.25) is 0 Å². The molecule has 5 nitrogen and oxygen atoms in total. The molecule has 0 bridgehead atoms. The number of hydrogen-bond acceptors (Lipinski definition) is 4. The summed E-state index contributed by atoms with van der Waals surface area (Å²) in [7, 11) is 0. The zero-order valence-electron chi connectivity index (χ0n) is 13.7. The molecule has 0 atom stereocenters. The Balaban J connectivity index is 1.91. The predicted molar refractivity (Wildman–Crippen MR) is 90.8 cm³/mol. The van der Waals surface area contributed by atoms with Gasteiger partial charge < -0.3 is 4.90 Å². The molecule has 23 heavy (non-hydrogen) atoms. The highest BCUT2D eigenvalue weighted by molar-refractivity contribution is 5.62. The molecule has 0 fully saturated rings. The van der Waals surface area contributed by atoms with Crippen molar-refractivity contribution in [1.82, 2.24) is 4.98 Å². The summed E-state index contributed by atoms with van der Waals surface area (Å²) in [6.07, 6.45) is 3.84. The van der Waals surface area contributed by atoms with Crippen LogP contribution in [0, 0.1) is 10.1 Å². The molecule has 2 aromatic rings. The van der Waals surface area contributed by atoms with Crippen molar-refractivity contribution in [2.24, 2.45) is 0 Å². The van der Waals surface area contributed by atoms with E-state index in [9.17, 15) is 10.1 Å². The van der Waals surface area contributed by atoms with Gasteiger partial charge in [-0.2, -0.15) is 0 Å². The van der Waals surface area contributed by atoms with Gasteiger partial charge in [0.05, 0.1) is 4.92 Å². The fraction of sp³-hybridized carbons (Fsp3) is 0.389. The van der Waals surface area contributed by atoms with Crippen LogP contribution >= 0.6 is 0 Å². The predicted octanol–water partition coefficient (Wildman–Crippen LogP) is 3.85. The average molecular weight is 311 g/mol. The zero-order chi connectivity index (χ0) is 16.6. The van der Waals surface area contributed by atoms with Crippen LogP contribution < -0.4 is 4.90 Å². The van der Waals surface area contributed by atoms with Gasteiger partial charge in [-0.05, 0) is 34.6 Å². The fourth-order valence-corrected chi connectivity index (χ4v) is 3.01. The third-order valence-corrected chi connectivity index (χ3v) is 4.40. The highest BCUT2D eigenvalue weighted by Crippen LogP contribution is 2.32. The van der Waals surface area contributed by atoms with Crippen molar-refractivity contribution in [2.45, 2.75) is 39.2 Å². The normalized spacial score (nSPS) is 14.5. The van der Waals surface area contributed by atoms with E-state index in [2.05, 4.69) is 48.9 Å². The van der Waals surface area contributed by atoms with Crippen molar-refractivity contribution < 1.29 is 4.92 Å². The average Bonchev–Trinajstić information content (AvgIpc) is 2.53. The number of hydrogen-bond donors (Lipinski definition) is 0. The van der Waals surface area contributed by atoms with E-state index in [1.807, 2.05) is 0 Å². The summed E-state index contributed by atoms with van der Waals surface area (Å²) in [5.41, 5.74) is 4.79. The number of pyridine rings is 1. The molecule has 0 amide bonds. The minimum Gasteiger partial charge on any atom is -0.361 e. The van der Waals surface area contributed by atoms with E-state index in [4.69, 9.17) is 0 Å². The summed E-state index contributed by atoms with van der Waals surface area (Å²) in [4.78, 5) is 16.8. The molecule has 0 saturated carbocycles. The Morgan fingerprint density at radius 2 is 2.00 bits per heavy atom. The summed E-state index contributed by atoms with van der Waals surface area (Å²) < 4.78 is 0. The minimum absolute atomic E-state index is 0.0715. The van der Waals surface area contributed by atoms with Crippen LogP contribution in [-0.4, -0.2) is 16.5 Å². The van der Waals surface area contributed by atoms with Crippen LogP contribution in [0.2, 0.25) is 0 Å². The zero-order valence-corrected chi connectivity index (χ0v) is 13.7. The van der Waals surface area contributed by atoms with Gasteiger partial charge in [0.15, 0.2) is 0 Å². The Bertz CT molecular complexity index is 750. The van der Waals surface area contributed by atoms with Gasteiger partial charge in [0.25, 0.3) is 0 Å². The SMILES string of the molecule is CC(C)(C)c1ccc2c(c1)CCN(c1ccncc1[N+](=O)[O-])C2. The first-order valence-corrected chi connectivity index (χ1v) is 7.82. The minimum atomic E-state index is -0.361. The van der Waals surface area contributed by atoms with Gasteiger partial charge in [-0.25, -0.2) is 0 Å². The molecule has 0 unspecified atom stereocenters. The number of anilines is 1. The lowest BCUT2D eigenvalue weighted by Crippen LogP contribution is -2.31. The fourth-order valence-electron chi connectivity index (χ4n) is 3.01. The Labute approximate surface area is 136 Å². The van der Waals surface area contributed by atoms with Gasteiger partial charge in [0, 0.05) is 19.3 Å². The van der Waals surface area contributed by atoms with E-state index < -0.39 is 0 Å². The molecule has 1 aromatic heterocycles. The van der Waals surface area contributed by atoms with Crippen molar-refractivity contribution in [3.8, 4) is 0 Å². The number of rotatable bonds is 2.